The molecule has 4 unspecified atom stereocenters. The average Bonchev–Trinajstić information content (AvgIpc) is 0.898. The van der Waals surface area contributed by atoms with Crippen LogP contribution < -0.4 is 0 Å². The highest BCUT2D eigenvalue weighted by Gasteiger charge is 2.31. The number of unbranched alkanes of at least 4 members (excludes halogenated alkanes) is 52. The number of carbonyl (C=O) groups excluding carboxylic acids is 4. The van der Waals surface area contributed by atoms with E-state index in [0.29, 0.717) is 31.6 Å². The summed E-state index contributed by atoms with van der Waals surface area (Å²) in [6.07, 6.45) is 71.1. The third kappa shape index (κ3) is 81.2. The Morgan fingerprint density at radius 2 is 0.436 bits per heavy atom. The summed E-state index contributed by atoms with van der Waals surface area (Å²) in [6.45, 7) is 14.4. The summed E-state index contributed by atoms with van der Waals surface area (Å²) in [5.41, 5.74) is 0. The maximum atomic E-state index is 13.2. The average molecular weight is 1610 g/mol. The van der Waals surface area contributed by atoms with Gasteiger partial charge in [-0.1, -0.05) is 428 Å². The van der Waals surface area contributed by atoms with Crippen LogP contribution in [0.3, 0.4) is 0 Å². The first kappa shape index (κ1) is 108. The minimum absolute atomic E-state index is 0.107. The van der Waals surface area contributed by atoms with Gasteiger partial charge in [0.05, 0.1) is 26.4 Å². The quantitative estimate of drug-likeness (QED) is 0.0222. The highest BCUT2D eigenvalue weighted by Crippen LogP contribution is 2.45. The highest BCUT2D eigenvalue weighted by atomic mass is 31.2. The van der Waals surface area contributed by atoms with Gasteiger partial charge in [-0.05, 0) is 49.4 Å². The summed E-state index contributed by atoms with van der Waals surface area (Å²) in [6, 6.07) is 0. The molecular weight excluding hydrogens is 1430 g/mol. The standard InChI is InChI=1S/C91H178O17P2/c1-9-83(7)69-61-53-44-38-32-26-19-15-11-13-17-21-28-34-40-46-55-63-71-88(93)101-77-86(107-90(95)73-66-58-48-42-36-30-24-23-25-31-37-43-51-59-67-81(3)4)79-105-109(97,98)103-75-85(92)76-104-110(99,100)106-80-87(78-102-89(94)72-64-56-50-49-52-60-68-82(5)6)108-91(96)74-65-57-47-41-35-29-22-18-14-12-16-20-27-33-39-45-54-62-70-84(8)10-2/h81-87,92H,9-80H2,1-8H3,(H,97,98)(H,99,100)/t83?,84?,85-,86-,87-/m1/s1. The van der Waals surface area contributed by atoms with Gasteiger partial charge in [0.2, 0.25) is 0 Å². The monoisotopic (exact) mass is 1610 g/mol. The van der Waals surface area contributed by atoms with E-state index >= 15 is 0 Å². The Labute approximate surface area is 677 Å². The van der Waals surface area contributed by atoms with E-state index < -0.39 is 97.5 Å². The van der Waals surface area contributed by atoms with Crippen molar-refractivity contribution in [3.05, 3.63) is 0 Å². The van der Waals surface area contributed by atoms with Crippen molar-refractivity contribution < 1.29 is 80.2 Å². The first-order valence-corrected chi connectivity index (χ1v) is 49.8. The topological polar surface area (TPSA) is 237 Å². The van der Waals surface area contributed by atoms with Crippen LogP contribution in [0.2, 0.25) is 0 Å². The van der Waals surface area contributed by atoms with Gasteiger partial charge in [0.1, 0.15) is 19.3 Å². The van der Waals surface area contributed by atoms with Crippen LogP contribution in [0.15, 0.2) is 0 Å². The predicted molar refractivity (Wildman–Crippen MR) is 455 cm³/mol. The molecule has 19 heteroatoms. The molecule has 0 aromatic rings. The van der Waals surface area contributed by atoms with E-state index in [9.17, 15) is 43.2 Å². The minimum Gasteiger partial charge on any atom is -0.462 e. The number of hydrogen-bond donors (Lipinski definition) is 3. The smallest absolute Gasteiger partial charge is 0.462 e. The van der Waals surface area contributed by atoms with Crippen LogP contribution >= 0.6 is 15.6 Å². The number of rotatable bonds is 88. The fourth-order valence-corrected chi connectivity index (χ4v) is 15.7. The Kier molecular flexibility index (Phi) is 78.1. The van der Waals surface area contributed by atoms with Crippen LogP contribution in [0.1, 0.15) is 479 Å². The van der Waals surface area contributed by atoms with Crippen molar-refractivity contribution in [3.63, 3.8) is 0 Å². The van der Waals surface area contributed by atoms with Gasteiger partial charge < -0.3 is 33.8 Å². The first-order chi connectivity index (χ1) is 53.2. The van der Waals surface area contributed by atoms with Crippen LogP contribution in [0.25, 0.3) is 0 Å². The lowest BCUT2D eigenvalue weighted by molar-refractivity contribution is -0.161. The molecule has 0 aliphatic heterocycles. The molecular formula is C91H178O17P2. The molecule has 3 N–H and O–H groups in total. The van der Waals surface area contributed by atoms with Crippen LogP contribution in [0, 0.1) is 23.7 Å². The highest BCUT2D eigenvalue weighted by molar-refractivity contribution is 7.47. The SMILES string of the molecule is CCC(C)CCCCCCCCCCCCCCCCCCCCC(=O)OC[C@H](COP(=O)(O)OC[C@@H](O)COP(=O)(O)OC[C@@H](COC(=O)CCCCCCCCC(C)C)OC(=O)CCCCCCCCCCCCCCCCCCCCC(C)CC)OC(=O)CCCCCCCCCCCCCCCCC(C)C. The third-order valence-corrected chi connectivity index (χ3v) is 23.9. The van der Waals surface area contributed by atoms with Crippen LogP contribution in [-0.4, -0.2) is 96.7 Å². The summed E-state index contributed by atoms with van der Waals surface area (Å²) < 4.78 is 69.0. The van der Waals surface area contributed by atoms with Crippen LogP contribution in [-0.2, 0) is 65.4 Å². The number of phosphoric ester groups is 2. The van der Waals surface area contributed by atoms with Gasteiger partial charge in [-0.25, -0.2) is 9.13 Å². The van der Waals surface area contributed by atoms with Crippen molar-refractivity contribution in [1.29, 1.82) is 0 Å². The number of aliphatic hydroxyl groups excluding tert-OH is 1. The van der Waals surface area contributed by atoms with E-state index in [1.807, 2.05) is 0 Å². The second-order valence-electron chi connectivity index (χ2n) is 34.1. The normalized spacial score (nSPS) is 14.3. The number of ether oxygens (including phenoxy) is 4. The Bertz CT molecular complexity index is 2130. The summed E-state index contributed by atoms with van der Waals surface area (Å²) in [4.78, 5) is 73.3. The second kappa shape index (κ2) is 79.5. The number of phosphoric acid groups is 2. The van der Waals surface area contributed by atoms with Gasteiger partial charge >= 0.3 is 39.5 Å². The molecule has 0 amide bonds. The van der Waals surface area contributed by atoms with Crippen molar-refractivity contribution in [3.8, 4) is 0 Å². The maximum absolute atomic E-state index is 13.2. The summed E-state index contributed by atoms with van der Waals surface area (Å²) in [5, 5.41) is 10.7. The molecule has 110 heavy (non-hydrogen) atoms. The molecule has 0 rings (SSSR count). The van der Waals surface area contributed by atoms with Gasteiger partial charge in [0, 0.05) is 25.7 Å². The minimum atomic E-state index is -4.97. The molecule has 0 aliphatic carbocycles. The molecule has 0 saturated carbocycles. The molecule has 7 atom stereocenters. The van der Waals surface area contributed by atoms with Crippen molar-refractivity contribution in [1.82, 2.24) is 0 Å². The van der Waals surface area contributed by atoms with Crippen LogP contribution in [0.4, 0.5) is 0 Å². The zero-order valence-electron chi connectivity index (χ0n) is 72.9. The van der Waals surface area contributed by atoms with Gasteiger partial charge in [-0.15, -0.1) is 0 Å². The number of carbonyl (C=O) groups is 4. The van der Waals surface area contributed by atoms with Crippen molar-refractivity contribution in [2.24, 2.45) is 23.7 Å². The van der Waals surface area contributed by atoms with E-state index in [0.717, 1.165) is 114 Å². The molecule has 0 aromatic heterocycles. The molecule has 0 saturated heterocycles. The van der Waals surface area contributed by atoms with E-state index in [4.69, 9.17) is 37.0 Å². The zero-order chi connectivity index (χ0) is 80.9. The van der Waals surface area contributed by atoms with Gasteiger partial charge in [-0.2, -0.15) is 0 Å². The van der Waals surface area contributed by atoms with Gasteiger partial charge in [0.25, 0.3) is 0 Å². The lowest BCUT2D eigenvalue weighted by atomic mass is 9.99. The Balaban J connectivity index is 5.17. The molecule has 654 valence electrons. The Morgan fingerprint density at radius 3 is 0.645 bits per heavy atom. The van der Waals surface area contributed by atoms with E-state index in [2.05, 4.69) is 55.4 Å². The fourth-order valence-electron chi connectivity index (χ4n) is 14.1. The van der Waals surface area contributed by atoms with Crippen LogP contribution in [0.5, 0.6) is 0 Å². The van der Waals surface area contributed by atoms with Gasteiger partial charge in [-0.3, -0.25) is 37.3 Å². The zero-order valence-corrected chi connectivity index (χ0v) is 74.7. The predicted octanol–water partition coefficient (Wildman–Crippen LogP) is 27.9. The molecule has 0 heterocycles. The lowest BCUT2D eigenvalue weighted by Gasteiger charge is -2.21. The molecule has 0 aliphatic rings. The lowest BCUT2D eigenvalue weighted by Crippen LogP contribution is -2.30. The molecule has 0 bridgehead atoms. The Hall–Kier alpha value is -1.94. The van der Waals surface area contributed by atoms with E-state index in [1.165, 1.54) is 276 Å². The fraction of sp³-hybridized carbons (Fsp3) is 0.956. The van der Waals surface area contributed by atoms with Crippen molar-refractivity contribution >= 4 is 39.5 Å². The Morgan fingerprint density at radius 1 is 0.255 bits per heavy atom. The largest absolute Gasteiger partial charge is 0.472 e. The number of esters is 4. The van der Waals surface area contributed by atoms with Crippen molar-refractivity contribution in [2.75, 3.05) is 39.6 Å². The maximum Gasteiger partial charge on any atom is 0.472 e. The van der Waals surface area contributed by atoms with Gasteiger partial charge in [0.15, 0.2) is 12.2 Å². The molecule has 0 spiro atoms. The molecule has 0 aromatic carbocycles. The molecule has 0 radical (unpaired) electrons. The third-order valence-electron chi connectivity index (χ3n) is 22.0. The number of aliphatic hydroxyl groups is 1. The number of hydrogen-bond acceptors (Lipinski definition) is 15. The molecule has 0 fully saturated rings. The summed E-state index contributed by atoms with van der Waals surface area (Å²) >= 11 is 0. The van der Waals surface area contributed by atoms with E-state index in [-0.39, 0.29) is 25.7 Å². The van der Waals surface area contributed by atoms with Crippen molar-refractivity contribution in [2.45, 2.75) is 497 Å². The van der Waals surface area contributed by atoms with E-state index in [1.54, 1.807) is 0 Å². The second-order valence-corrected chi connectivity index (χ2v) is 37.0. The molecule has 17 nitrogen and oxygen atoms in total. The summed E-state index contributed by atoms with van der Waals surface area (Å²) in [5.74, 6) is 1.11. The summed E-state index contributed by atoms with van der Waals surface area (Å²) in [7, 11) is -9.93. The first-order valence-electron chi connectivity index (χ1n) is 46.8.